The zero-order valence-electron chi connectivity index (χ0n) is 19.1. The van der Waals surface area contributed by atoms with E-state index in [2.05, 4.69) is 0 Å². The standard InChI is InChI=1S/C24H32O10/c25-19(26)13-5-9-15(10-6-13)21(29)33-23(31)17-3-1-2-4-18(17)24(32)34-22(30)16-11-7-14(8-12-16)20(27)28/h13-18H,1-12H2,(H,25,26)(H,27,28). The molecule has 3 fully saturated rings. The van der Waals surface area contributed by atoms with Gasteiger partial charge in [-0.3, -0.25) is 28.8 Å². The van der Waals surface area contributed by atoms with Gasteiger partial charge in [-0.25, -0.2) is 0 Å². The molecule has 0 aromatic heterocycles. The Morgan fingerprint density at radius 3 is 1.03 bits per heavy atom. The molecule has 0 spiro atoms. The minimum absolute atomic E-state index is 0.331. The molecule has 2 atom stereocenters. The number of esters is 4. The number of carbonyl (C=O) groups excluding carboxylic acids is 4. The zero-order valence-corrected chi connectivity index (χ0v) is 19.1. The molecule has 0 aliphatic heterocycles. The van der Waals surface area contributed by atoms with E-state index in [4.69, 9.17) is 19.7 Å². The first-order chi connectivity index (χ1) is 16.2. The van der Waals surface area contributed by atoms with E-state index in [-0.39, 0.29) is 0 Å². The molecule has 0 aromatic carbocycles. The topological polar surface area (TPSA) is 161 Å². The highest BCUT2D eigenvalue weighted by atomic mass is 16.6. The molecule has 3 saturated carbocycles. The lowest BCUT2D eigenvalue weighted by atomic mass is 9.79. The van der Waals surface area contributed by atoms with Crippen molar-refractivity contribution >= 4 is 35.8 Å². The molecule has 188 valence electrons. The van der Waals surface area contributed by atoms with Crippen molar-refractivity contribution in [2.24, 2.45) is 35.5 Å². The fraction of sp³-hybridized carbons (Fsp3) is 0.750. The van der Waals surface area contributed by atoms with Gasteiger partial charge >= 0.3 is 35.8 Å². The molecule has 0 amide bonds. The molecular weight excluding hydrogens is 448 g/mol. The molecule has 0 radical (unpaired) electrons. The Morgan fingerprint density at radius 2 is 0.735 bits per heavy atom. The van der Waals surface area contributed by atoms with Crippen LogP contribution >= 0.6 is 0 Å². The third-order valence-corrected chi connectivity index (χ3v) is 7.59. The van der Waals surface area contributed by atoms with Gasteiger partial charge in [0.2, 0.25) is 0 Å². The number of hydrogen-bond donors (Lipinski definition) is 2. The fourth-order valence-electron chi connectivity index (χ4n) is 5.36. The van der Waals surface area contributed by atoms with Gasteiger partial charge in [-0.05, 0) is 64.2 Å². The van der Waals surface area contributed by atoms with Gasteiger partial charge in [0, 0.05) is 0 Å². The highest BCUT2D eigenvalue weighted by molar-refractivity contribution is 5.93. The lowest BCUT2D eigenvalue weighted by Crippen LogP contribution is -2.38. The maximum Gasteiger partial charge on any atom is 0.317 e. The van der Waals surface area contributed by atoms with Crippen LogP contribution in [0.25, 0.3) is 0 Å². The second kappa shape index (κ2) is 11.6. The molecule has 2 N–H and O–H groups in total. The van der Waals surface area contributed by atoms with E-state index >= 15 is 0 Å². The summed E-state index contributed by atoms with van der Waals surface area (Å²) in [6.07, 6.45) is 4.74. The Labute approximate surface area is 197 Å². The van der Waals surface area contributed by atoms with Gasteiger partial charge in [-0.1, -0.05) is 12.8 Å². The average molecular weight is 481 g/mol. The van der Waals surface area contributed by atoms with Crippen molar-refractivity contribution in [2.75, 3.05) is 0 Å². The van der Waals surface area contributed by atoms with Crippen LogP contribution in [0.2, 0.25) is 0 Å². The predicted molar refractivity (Wildman–Crippen MR) is 114 cm³/mol. The maximum absolute atomic E-state index is 12.7. The maximum atomic E-state index is 12.7. The second-order valence-corrected chi connectivity index (χ2v) is 9.75. The van der Waals surface area contributed by atoms with E-state index in [9.17, 15) is 28.8 Å². The van der Waals surface area contributed by atoms with Crippen LogP contribution in [0.15, 0.2) is 0 Å². The number of carbonyl (C=O) groups is 6. The van der Waals surface area contributed by atoms with Crippen LogP contribution in [0.1, 0.15) is 77.0 Å². The fourth-order valence-corrected chi connectivity index (χ4v) is 5.36. The molecule has 0 aromatic rings. The van der Waals surface area contributed by atoms with Crippen molar-refractivity contribution in [1.29, 1.82) is 0 Å². The number of ether oxygens (including phenoxy) is 2. The van der Waals surface area contributed by atoms with Crippen molar-refractivity contribution in [3.63, 3.8) is 0 Å². The Balaban J connectivity index is 1.52. The Morgan fingerprint density at radius 1 is 0.441 bits per heavy atom. The second-order valence-electron chi connectivity index (χ2n) is 9.75. The molecule has 10 heteroatoms. The van der Waals surface area contributed by atoms with Gasteiger partial charge in [0.25, 0.3) is 0 Å². The molecule has 0 heterocycles. The van der Waals surface area contributed by atoms with Crippen LogP contribution in [0.4, 0.5) is 0 Å². The van der Waals surface area contributed by atoms with E-state index in [1.165, 1.54) is 0 Å². The highest BCUT2D eigenvalue weighted by Crippen LogP contribution is 2.35. The van der Waals surface area contributed by atoms with Crippen LogP contribution < -0.4 is 0 Å². The first kappa shape index (κ1) is 25.8. The Kier molecular flexibility index (Phi) is 8.79. The summed E-state index contributed by atoms with van der Waals surface area (Å²) in [5.74, 6) is -8.62. The van der Waals surface area contributed by atoms with Crippen LogP contribution in [0.5, 0.6) is 0 Å². The summed E-state index contributed by atoms with van der Waals surface area (Å²) in [4.78, 5) is 72.5. The van der Waals surface area contributed by atoms with Crippen molar-refractivity contribution in [1.82, 2.24) is 0 Å². The van der Waals surface area contributed by atoms with Crippen LogP contribution in [0, 0.1) is 35.5 Å². The van der Waals surface area contributed by atoms with Gasteiger partial charge in [0.05, 0.1) is 35.5 Å². The summed E-state index contributed by atoms with van der Waals surface area (Å²) in [7, 11) is 0. The molecule has 0 bridgehead atoms. The quantitative estimate of drug-likeness (QED) is 0.427. The summed E-state index contributed by atoms with van der Waals surface area (Å²) in [6.45, 7) is 0. The van der Waals surface area contributed by atoms with E-state index in [1.807, 2.05) is 0 Å². The summed E-state index contributed by atoms with van der Waals surface area (Å²) in [5.41, 5.74) is 0. The molecule has 10 nitrogen and oxygen atoms in total. The van der Waals surface area contributed by atoms with Gasteiger partial charge in [-0.2, -0.15) is 0 Å². The smallest absolute Gasteiger partial charge is 0.317 e. The molecule has 3 rings (SSSR count). The summed E-state index contributed by atoms with van der Waals surface area (Å²) >= 11 is 0. The van der Waals surface area contributed by atoms with Crippen molar-refractivity contribution in [3.05, 3.63) is 0 Å². The van der Waals surface area contributed by atoms with Crippen LogP contribution in [-0.2, 0) is 38.2 Å². The minimum atomic E-state index is -0.893. The molecular formula is C24H32O10. The lowest BCUT2D eigenvalue weighted by Gasteiger charge is -2.30. The number of hydrogen-bond acceptors (Lipinski definition) is 8. The number of carboxylic acids is 2. The Hall–Kier alpha value is -2.78. The number of aliphatic carboxylic acids is 2. The largest absolute Gasteiger partial charge is 0.481 e. The van der Waals surface area contributed by atoms with Crippen molar-refractivity contribution in [3.8, 4) is 0 Å². The van der Waals surface area contributed by atoms with Crippen molar-refractivity contribution in [2.45, 2.75) is 77.0 Å². The first-order valence-corrected chi connectivity index (χ1v) is 12.1. The molecule has 2 unspecified atom stereocenters. The van der Waals surface area contributed by atoms with Crippen LogP contribution in [0.3, 0.4) is 0 Å². The predicted octanol–water partition coefficient (Wildman–Crippen LogP) is 2.71. The number of carboxylic acid groups (broad SMARTS) is 2. The van der Waals surface area contributed by atoms with E-state index in [0.717, 1.165) is 0 Å². The molecule has 3 aliphatic carbocycles. The minimum Gasteiger partial charge on any atom is -0.481 e. The monoisotopic (exact) mass is 480 g/mol. The van der Waals surface area contributed by atoms with E-state index in [0.29, 0.717) is 77.0 Å². The average Bonchev–Trinajstić information content (AvgIpc) is 2.83. The summed E-state index contributed by atoms with van der Waals surface area (Å²) in [6, 6.07) is 0. The molecule has 0 saturated heterocycles. The van der Waals surface area contributed by atoms with Gasteiger partial charge in [0.15, 0.2) is 0 Å². The molecule has 34 heavy (non-hydrogen) atoms. The third-order valence-electron chi connectivity index (χ3n) is 7.59. The SMILES string of the molecule is O=C(O)C1CCC(C(=O)OC(=O)C2CCCCC2C(=O)OC(=O)C2CCC(C(=O)O)CC2)CC1. The Bertz CT molecular complexity index is 750. The third kappa shape index (κ3) is 6.42. The first-order valence-electron chi connectivity index (χ1n) is 12.1. The van der Waals surface area contributed by atoms with Gasteiger partial charge in [0.1, 0.15) is 0 Å². The van der Waals surface area contributed by atoms with Crippen molar-refractivity contribution < 1.29 is 48.5 Å². The van der Waals surface area contributed by atoms with E-state index < -0.39 is 71.3 Å². The number of rotatable bonds is 6. The van der Waals surface area contributed by atoms with Gasteiger partial charge < -0.3 is 19.7 Å². The molecule has 3 aliphatic rings. The normalized spacial score (nSPS) is 31.6. The summed E-state index contributed by atoms with van der Waals surface area (Å²) in [5, 5.41) is 18.2. The van der Waals surface area contributed by atoms with Gasteiger partial charge in [-0.15, -0.1) is 0 Å². The van der Waals surface area contributed by atoms with E-state index in [1.54, 1.807) is 0 Å². The zero-order chi connectivity index (χ0) is 24.8. The highest BCUT2D eigenvalue weighted by Gasteiger charge is 2.42. The summed E-state index contributed by atoms with van der Waals surface area (Å²) < 4.78 is 10.2. The van der Waals surface area contributed by atoms with Crippen LogP contribution in [-0.4, -0.2) is 46.0 Å². The lowest BCUT2D eigenvalue weighted by molar-refractivity contribution is -0.176.